The van der Waals surface area contributed by atoms with Gasteiger partial charge in [0.2, 0.25) is 0 Å². The molecule has 2 N–H and O–H groups in total. The van der Waals surface area contributed by atoms with Crippen molar-refractivity contribution in [3.05, 3.63) is 30.1 Å². The third kappa shape index (κ3) is 5.01. The molecule has 4 nitrogen and oxygen atoms in total. The molecule has 0 bridgehead atoms. The Kier molecular flexibility index (Phi) is 5.17. The highest BCUT2D eigenvalue weighted by atomic mass is 19.1. The zero-order valence-corrected chi connectivity index (χ0v) is 12.3. The van der Waals surface area contributed by atoms with E-state index in [2.05, 4.69) is 5.32 Å². The number of unbranched alkanes of at least 4 members (excludes halogenated alkanes) is 1. The topological polar surface area (TPSA) is 58.6 Å². The number of carboxylic acid groups (broad SMARTS) is 1. The van der Waals surface area contributed by atoms with E-state index in [-0.39, 0.29) is 5.82 Å². The Morgan fingerprint density at radius 2 is 2.24 bits per heavy atom. The van der Waals surface area contributed by atoms with Crippen LogP contribution in [0.1, 0.15) is 39.0 Å². The van der Waals surface area contributed by atoms with E-state index in [1.165, 1.54) is 12.1 Å². The van der Waals surface area contributed by atoms with E-state index in [9.17, 15) is 14.3 Å². The number of nitrogens with one attached hydrogen (secondary N) is 1. The molecule has 1 aromatic rings. The second kappa shape index (κ2) is 6.89. The van der Waals surface area contributed by atoms with Crippen LogP contribution in [0.5, 0.6) is 5.75 Å². The lowest BCUT2D eigenvalue weighted by Crippen LogP contribution is -2.50. The molecule has 1 saturated carbocycles. The lowest BCUT2D eigenvalue weighted by molar-refractivity contribution is -0.144. The first kappa shape index (κ1) is 15.8. The van der Waals surface area contributed by atoms with Gasteiger partial charge in [-0.1, -0.05) is 6.07 Å². The molecule has 1 aromatic carbocycles. The Morgan fingerprint density at radius 1 is 1.48 bits per heavy atom. The highest BCUT2D eigenvalue weighted by molar-refractivity contribution is 5.78. The Bertz CT molecular complexity index is 490. The smallest absolute Gasteiger partial charge is 0.323 e. The maximum absolute atomic E-state index is 13.0. The lowest BCUT2D eigenvalue weighted by Gasteiger charge is -2.26. The average Bonchev–Trinajstić information content (AvgIpc) is 3.22. The van der Waals surface area contributed by atoms with Crippen molar-refractivity contribution in [2.24, 2.45) is 0 Å². The second-order valence-electron chi connectivity index (χ2n) is 5.82. The number of rotatable bonds is 9. The first-order valence-corrected chi connectivity index (χ1v) is 7.39. The van der Waals surface area contributed by atoms with Crippen molar-refractivity contribution in [2.45, 2.75) is 50.6 Å². The molecule has 0 radical (unpaired) electrons. The summed E-state index contributed by atoms with van der Waals surface area (Å²) in [7, 11) is 0. The van der Waals surface area contributed by atoms with E-state index >= 15 is 0 Å². The van der Waals surface area contributed by atoms with Crippen LogP contribution in [0.4, 0.5) is 4.39 Å². The van der Waals surface area contributed by atoms with Crippen molar-refractivity contribution < 1.29 is 19.0 Å². The largest absolute Gasteiger partial charge is 0.493 e. The van der Waals surface area contributed by atoms with E-state index < -0.39 is 11.5 Å². The van der Waals surface area contributed by atoms with Crippen molar-refractivity contribution in [3.8, 4) is 5.75 Å². The van der Waals surface area contributed by atoms with Gasteiger partial charge in [0.05, 0.1) is 6.61 Å². The Labute approximate surface area is 124 Å². The summed E-state index contributed by atoms with van der Waals surface area (Å²) in [6.07, 6.45) is 4.17. The number of halogens is 1. The van der Waals surface area contributed by atoms with Crippen molar-refractivity contribution >= 4 is 5.97 Å². The van der Waals surface area contributed by atoms with Crippen LogP contribution in [-0.4, -0.2) is 29.3 Å². The minimum atomic E-state index is -0.861. The van der Waals surface area contributed by atoms with Gasteiger partial charge in [-0.25, -0.2) is 4.39 Å². The molecule has 0 heterocycles. The maximum atomic E-state index is 13.0. The van der Waals surface area contributed by atoms with Crippen LogP contribution in [0, 0.1) is 5.82 Å². The van der Waals surface area contributed by atoms with Gasteiger partial charge < -0.3 is 9.84 Å². The summed E-state index contributed by atoms with van der Waals surface area (Å²) < 4.78 is 18.4. The van der Waals surface area contributed by atoms with Gasteiger partial charge in [-0.05, 0) is 51.2 Å². The standard InChI is InChI=1S/C16H22FNO3/c1-16(15(19)20,18-13-7-8-13)9-2-3-10-21-14-6-4-5-12(17)11-14/h4-6,11,13,18H,2-3,7-10H2,1H3,(H,19,20). The minimum Gasteiger partial charge on any atom is -0.493 e. The zero-order chi connectivity index (χ0) is 15.3. The number of hydrogen-bond acceptors (Lipinski definition) is 3. The number of carbonyl (C=O) groups is 1. The number of aliphatic carboxylic acids is 1. The Hall–Kier alpha value is -1.62. The highest BCUT2D eigenvalue weighted by Crippen LogP contribution is 2.25. The predicted octanol–water partition coefficient (Wildman–Crippen LogP) is 2.97. The molecular formula is C16H22FNO3. The monoisotopic (exact) mass is 295 g/mol. The summed E-state index contributed by atoms with van der Waals surface area (Å²) in [4.78, 5) is 11.4. The van der Waals surface area contributed by atoms with Crippen LogP contribution in [0.15, 0.2) is 24.3 Å². The molecule has 2 rings (SSSR count). The molecule has 1 aliphatic carbocycles. The highest BCUT2D eigenvalue weighted by Gasteiger charge is 2.37. The van der Waals surface area contributed by atoms with Crippen molar-refractivity contribution in [1.29, 1.82) is 0 Å². The van der Waals surface area contributed by atoms with Gasteiger partial charge in [0.15, 0.2) is 0 Å². The van der Waals surface area contributed by atoms with Gasteiger partial charge in [-0.2, -0.15) is 0 Å². The molecule has 0 amide bonds. The van der Waals surface area contributed by atoms with Crippen LogP contribution >= 0.6 is 0 Å². The minimum absolute atomic E-state index is 0.320. The van der Waals surface area contributed by atoms with Crippen LogP contribution in [0.3, 0.4) is 0 Å². The number of ether oxygens (including phenoxy) is 1. The molecule has 1 aliphatic rings. The van der Waals surface area contributed by atoms with Gasteiger partial charge >= 0.3 is 5.97 Å². The predicted molar refractivity (Wildman–Crippen MR) is 77.9 cm³/mol. The normalized spacial score (nSPS) is 17.2. The fourth-order valence-corrected chi connectivity index (χ4v) is 2.25. The van der Waals surface area contributed by atoms with E-state index in [0.717, 1.165) is 25.7 Å². The molecular weight excluding hydrogens is 273 g/mol. The van der Waals surface area contributed by atoms with Crippen molar-refractivity contribution in [2.75, 3.05) is 6.61 Å². The molecule has 5 heteroatoms. The lowest BCUT2D eigenvalue weighted by atomic mass is 9.95. The quantitative estimate of drug-likeness (QED) is 0.688. The first-order chi connectivity index (χ1) is 9.99. The van der Waals surface area contributed by atoms with Gasteiger partial charge in [0, 0.05) is 12.1 Å². The maximum Gasteiger partial charge on any atom is 0.323 e. The third-order valence-corrected chi connectivity index (χ3v) is 3.71. The van der Waals surface area contributed by atoms with Crippen LogP contribution in [-0.2, 0) is 4.79 Å². The van der Waals surface area contributed by atoms with Crippen molar-refractivity contribution in [1.82, 2.24) is 5.32 Å². The molecule has 1 atom stereocenters. The Morgan fingerprint density at radius 3 is 2.86 bits per heavy atom. The molecule has 0 aromatic heterocycles. The fraction of sp³-hybridized carbons (Fsp3) is 0.562. The van der Waals surface area contributed by atoms with Crippen LogP contribution < -0.4 is 10.1 Å². The van der Waals surface area contributed by atoms with E-state index in [1.54, 1.807) is 19.1 Å². The van der Waals surface area contributed by atoms with E-state index in [1.807, 2.05) is 0 Å². The van der Waals surface area contributed by atoms with Gasteiger partial charge in [0.25, 0.3) is 0 Å². The SMILES string of the molecule is CC(CCCCOc1cccc(F)c1)(NC1CC1)C(=O)O. The van der Waals surface area contributed by atoms with Gasteiger partial charge in [-0.15, -0.1) is 0 Å². The zero-order valence-electron chi connectivity index (χ0n) is 12.3. The average molecular weight is 295 g/mol. The molecule has 1 unspecified atom stereocenters. The van der Waals surface area contributed by atoms with E-state index in [0.29, 0.717) is 24.8 Å². The number of benzene rings is 1. The number of carboxylic acids is 1. The first-order valence-electron chi connectivity index (χ1n) is 7.39. The van der Waals surface area contributed by atoms with Gasteiger partial charge in [0.1, 0.15) is 17.1 Å². The summed E-state index contributed by atoms with van der Waals surface area (Å²) in [5.41, 5.74) is -0.861. The molecule has 0 spiro atoms. The summed E-state index contributed by atoms with van der Waals surface area (Å²) in [6.45, 7) is 2.20. The fourth-order valence-electron chi connectivity index (χ4n) is 2.25. The summed E-state index contributed by atoms with van der Waals surface area (Å²) in [6, 6.07) is 6.38. The molecule has 0 aliphatic heterocycles. The summed E-state index contributed by atoms with van der Waals surface area (Å²) >= 11 is 0. The Balaban J connectivity index is 1.69. The summed E-state index contributed by atoms with van der Waals surface area (Å²) in [5, 5.41) is 12.5. The number of hydrogen-bond donors (Lipinski definition) is 2. The van der Waals surface area contributed by atoms with E-state index in [4.69, 9.17) is 4.74 Å². The second-order valence-corrected chi connectivity index (χ2v) is 5.82. The molecule has 0 saturated heterocycles. The molecule has 21 heavy (non-hydrogen) atoms. The molecule has 1 fully saturated rings. The van der Waals surface area contributed by atoms with Crippen LogP contribution in [0.2, 0.25) is 0 Å². The molecule has 116 valence electrons. The third-order valence-electron chi connectivity index (χ3n) is 3.71. The van der Waals surface area contributed by atoms with Gasteiger partial charge in [-0.3, -0.25) is 10.1 Å². The van der Waals surface area contributed by atoms with Crippen molar-refractivity contribution in [3.63, 3.8) is 0 Å². The van der Waals surface area contributed by atoms with Crippen LogP contribution in [0.25, 0.3) is 0 Å². The summed E-state index contributed by atoms with van der Waals surface area (Å²) in [5.74, 6) is -0.618.